The van der Waals surface area contributed by atoms with Gasteiger partial charge in [0.1, 0.15) is 0 Å². The van der Waals surface area contributed by atoms with E-state index in [-0.39, 0.29) is 16.8 Å². The van der Waals surface area contributed by atoms with E-state index in [2.05, 4.69) is 17.5 Å². The Morgan fingerprint density at radius 1 is 1.13 bits per heavy atom. The highest BCUT2D eigenvalue weighted by Gasteiger charge is 2.34. The summed E-state index contributed by atoms with van der Waals surface area (Å²) in [5.74, 6) is -0.136. The third-order valence-corrected chi connectivity index (χ3v) is 9.53. The minimum absolute atomic E-state index is 0.136. The summed E-state index contributed by atoms with van der Waals surface area (Å²) < 4.78 is 26.9. The van der Waals surface area contributed by atoms with Crippen LogP contribution in [0.5, 0.6) is 0 Å². The van der Waals surface area contributed by atoms with Crippen LogP contribution in [0.4, 0.5) is 0 Å². The number of thiophene rings is 2. The van der Waals surface area contributed by atoms with Gasteiger partial charge in [-0.3, -0.25) is 4.79 Å². The smallest absolute Gasteiger partial charge is 0.254 e. The number of aryl methyl sites for hydroxylation is 1. The van der Waals surface area contributed by atoms with Gasteiger partial charge < -0.3 is 4.90 Å². The van der Waals surface area contributed by atoms with Gasteiger partial charge in [-0.25, -0.2) is 12.7 Å². The van der Waals surface area contributed by atoms with Crippen LogP contribution in [-0.2, 0) is 16.4 Å². The normalized spacial score (nSPS) is 16.7. The molecular formula is C22H24N2O3S3. The van der Waals surface area contributed by atoms with Crippen LogP contribution in [0, 0.1) is 13.8 Å². The van der Waals surface area contributed by atoms with Crippen molar-refractivity contribution < 1.29 is 13.2 Å². The van der Waals surface area contributed by atoms with Crippen LogP contribution in [0.15, 0.2) is 46.0 Å². The lowest BCUT2D eigenvalue weighted by Gasteiger charge is -2.35. The number of nitrogens with zero attached hydrogens (tertiary/aromatic N) is 2. The van der Waals surface area contributed by atoms with Crippen LogP contribution in [-0.4, -0.2) is 44.2 Å². The largest absolute Gasteiger partial charge is 0.326 e. The van der Waals surface area contributed by atoms with Gasteiger partial charge in [-0.2, -0.15) is 0 Å². The first kappa shape index (κ1) is 21.2. The van der Waals surface area contributed by atoms with Crippen LogP contribution in [0.3, 0.4) is 0 Å². The fraction of sp³-hybridized carbons (Fsp3) is 0.318. The van der Waals surface area contributed by atoms with Gasteiger partial charge in [0.05, 0.1) is 10.9 Å². The summed E-state index contributed by atoms with van der Waals surface area (Å²) in [6.07, 6.45) is 0.814. The molecule has 1 unspecified atom stereocenters. The zero-order valence-corrected chi connectivity index (χ0v) is 19.8. The molecule has 0 bridgehead atoms. The van der Waals surface area contributed by atoms with Crippen LogP contribution in [0.25, 0.3) is 0 Å². The molecule has 158 valence electrons. The van der Waals surface area contributed by atoms with E-state index in [0.29, 0.717) is 17.7 Å². The van der Waals surface area contributed by atoms with Crippen LogP contribution in [0.2, 0.25) is 0 Å². The summed E-state index contributed by atoms with van der Waals surface area (Å²) in [4.78, 5) is 18.2. The lowest BCUT2D eigenvalue weighted by Crippen LogP contribution is -2.40. The summed E-state index contributed by atoms with van der Waals surface area (Å²) in [6.45, 7) is 4.25. The van der Waals surface area contributed by atoms with Crippen LogP contribution < -0.4 is 0 Å². The van der Waals surface area contributed by atoms with Crippen molar-refractivity contribution >= 4 is 38.6 Å². The Labute approximate surface area is 185 Å². The molecule has 0 radical (unpaired) electrons. The SMILES string of the molecule is Cc1cc(C(=O)N2CCc3sccc3C2c2cccs2)cc(S(=O)(=O)N(C)C)c1C. The predicted molar refractivity (Wildman–Crippen MR) is 122 cm³/mol. The van der Waals surface area contributed by atoms with E-state index in [9.17, 15) is 13.2 Å². The zero-order chi connectivity index (χ0) is 21.6. The molecule has 0 spiro atoms. The molecule has 30 heavy (non-hydrogen) atoms. The first-order valence-corrected chi connectivity index (χ1v) is 12.9. The van der Waals surface area contributed by atoms with E-state index >= 15 is 0 Å². The first-order valence-electron chi connectivity index (χ1n) is 9.66. The molecule has 1 aliphatic rings. The Morgan fingerprint density at radius 3 is 2.57 bits per heavy atom. The molecular weight excluding hydrogens is 436 g/mol. The number of benzene rings is 1. The molecule has 5 nitrogen and oxygen atoms in total. The Bertz CT molecular complexity index is 1190. The standard InChI is InChI=1S/C22H24N2O3S3/c1-14-12-16(13-20(15(14)2)30(26,27)23(3)4)22(25)24-9-7-18-17(8-11-29-18)21(24)19-6-5-10-28-19/h5-6,8,10-13,21H,7,9H2,1-4H3. The molecule has 3 heterocycles. The van der Waals surface area contributed by atoms with Crippen molar-refractivity contribution in [1.82, 2.24) is 9.21 Å². The third kappa shape index (κ3) is 3.51. The third-order valence-electron chi connectivity index (χ3n) is 5.66. The van der Waals surface area contributed by atoms with Gasteiger partial charge in [0.25, 0.3) is 5.91 Å². The van der Waals surface area contributed by atoms with Crippen molar-refractivity contribution in [2.75, 3.05) is 20.6 Å². The quantitative estimate of drug-likeness (QED) is 0.577. The molecule has 0 N–H and O–H groups in total. The molecule has 0 fully saturated rings. The van der Waals surface area contributed by atoms with Crippen molar-refractivity contribution in [3.05, 3.63) is 73.1 Å². The minimum Gasteiger partial charge on any atom is -0.326 e. The van der Waals surface area contributed by atoms with Gasteiger partial charge in [0.15, 0.2) is 0 Å². The summed E-state index contributed by atoms with van der Waals surface area (Å²) >= 11 is 3.37. The van der Waals surface area contributed by atoms with Gasteiger partial charge in [-0.05, 0) is 72.0 Å². The van der Waals surface area contributed by atoms with Crippen LogP contribution in [0.1, 0.15) is 42.8 Å². The van der Waals surface area contributed by atoms with E-state index in [1.807, 2.05) is 23.3 Å². The maximum Gasteiger partial charge on any atom is 0.254 e. The lowest BCUT2D eigenvalue weighted by molar-refractivity contribution is 0.0698. The second-order valence-corrected chi connectivity index (χ2v) is 11.8. The number of carbonyl (C=O) groups excluding carboxylic acids is 1. The van der Waals surface area contributed by atoms with Crippen LogP contribution >= 0.6 is 22.7 Å². The molecule has 0 saturated heterocycles. The molecule has 1 amide bonds. The molecule has 0 aliphatic carbocycles. The van der Waals surface area contributed by atoms with E-state index in [1.165, 1.54) is 34.9 Å². The van der Waals surface area contributed by atoms with Crippen molar-refractivity contribution in [3.8, 4) is 0 Å². The highest BCUT2D eigenvalue weighted by atomic mass is 32.2. The number of amides is 1. The fourth-order valence-corrected chi connectivity index (χ4v) is 6.85. The highest BCUT2D eigenvalue weighted by Crippen LogP contribution is 2.40. The predicted octanol–water partition coefficient (Wildman–Crippen LogP) is 4.46. The number of carbonyl (C=O) groups is 1. The molecule has 4 rings (SSSR count). The van der Waals surface area contributed by atoms with Gasteiger partial charge in [-0.15, -0.1) is 22.7 Å². The monoisotopic (exact) mass is 460 g/mol. The summed E-state index contributed by atoms with van der Waals surface area (Å²) in [5.41, 5.74) is 3.06. The molecule has 1 aromatic carbocycles. The van der Waals surface area contributed by atoms with E-state index < -0.39 is 10.0 Å². The van der Waals surface area contributed by atoms with Gasteiger partial charge in [0.2, 0.25) is 10.0 Å². The second kappa shape index (κ2) is 7.92. The molecule has 0 saturated carbocycles. The van der Waals surface area contributed by atoms with E-state index in [0.717, 1.165) is 16.9 Å². The molecule has 1 atom stereocenters. The Kier molecular flexibility index (Phi) is 5.61. The van der Waals surface area contributed by atoms with Gasteiger partial charge in [0, 0.05) is 36.0 Å². The maximum atomic E-state index is 13.7. The number of sulfonamides is 1. The van der Waals surface area contributed by atoms with E-state index in [1.54, 1.807) is 35.7 Å². The first-order chi connectivity index (χ1) is 14.2. The lowest BCUT2D eigenvalue weighted by atomic mass is 9.96. The van der Waals surface area contributed by atoms with Gasteiger partial charge >= 0.3 is 0 Å². The van der Waals surface area contributed by atoms with Gasteiger partial charge in [-0.1, -0.05) is 6.07 Å². The molecule has 8 heteroatoms. The van der Waals surface area contributed by atoms with Crippen molar-refractivity contribution in [2.24, 2.45) is 0 Å². The Morgan fingerprint density at radius 2 is 1.90 bits per heavy atom. The number of hydrogen-bond donors (Lipinski definition) is 0. The molecule has 3 aromatic rings. The Balaban J connectivity index is 1.80. The summed E-state index contributed by atoms with van der Waals surface area (Å²) in [7, 11) is -0.631. The Hall–Kier alpha value is -2.00. The van der Waals surface area contributed by atoms with Crippen molar-refractivity contribution in [3.63, 3.8) is 0 Å². The fourth-order valence-electron chi connectivity index (χ4n) is 3.87. The molecule has 2 aromatic heterocycles. The average Bonchev–Trinajstić information content (AvgIpc) is 3.40. The summed E-state index contributed by atoms with van der Waals surface area (Å²) in [6, 6.07) is 9.37. The molecule has 1 aliphatic heterocycles. The highest BCUT2D eigenvalue weighted by molar-refractivity contribution is 7.89. The number of fused-ring (bicyclic) bond motifs is 1. The minimum atomic E-state index is -3.65. The van der Waals surface area contributed by atoms with Crippen molar-refractivity contribution in [1.29, 1.82) is 0 Å². The summed E-state index contributed by atoms with van der Waals surface area (Å²) in [5, 5.41) is 4.10. The average molecular weight is 461 g/mol. The maximum absolute atomic E-state index is 13.7. The number of rotatable bonds is 4. The zero-order valence-electron chi connectivity index (χ0n) is 17.4. The number of hydrogen-bond acceptors (Lipinski definition) is 5. The van der Waals surface area contributed by atoms with E-state index in [4.69, 9.17) is 0 Å². The van der Waals surface area contributed by atoms with Crippen molar-refractivity contribution in [2.45, 2.75) is 31.2 Å². The second-order valence-electron chi connectivity index (χ2n) is 7.67. The topological polar surface area (TPSA) is 57.7 Å².